The highest BCUT2D eigenvalue weighted by atomic mass is 79.9. The van der Waals surface area contributed by atoms with E-state index in [4.69, 9.17) is 16.3 Å². The highest BCUT2D eigenvalue weighted by Gasteiger charge is 2.11. The molecule has 20 heavy (non-hydrogen) atoms. The van der Waals surface area contributed by atoms with Gasteiger partial charge in [0.2, 0.25) is 5.88 Å². The molecule has 0 fully saturated rings. The summed E-state index contributed by atoms with van der Waals surface area (Å²) in [5.74, 6) is 2.66. The molecule has 1 heterocycles. The summed E-state index contributed by atoms with van der Waals surface area (Å²) >= 11 is 9.51. The maximum atomic E-state index is 6.12. The number of hydrogen-bond donors (Lipinski definition) is 1. The third-order valence-electron chi connectivity index (χ3n) is 2.60. The van der Waals surface area contributed by atoms with Crippen LogP contribution in [0, 0.1) is 0 Å². The summed E-state index contributed by atoms with van der Waals surface area (Å²) in [6.07, 6.45) is 0. The fourth-order valence-electron chi connectivity index (χ4n) is 1.55. The molecule has 106 valence electrons. The molecule has 1 aromatic carbocycles. The number of hydrogen-bond acceptors (Lipinski definition) is 4. The van der Waals surface area contributed by atoms with Crippen molar-refractivity contribution in [3.05, 3.63) is 39.6 Å². The lowest BCUT2D eigenvalue weighted by atomic mass is 10.2. The normalized spacial score (nSPS) is 10.7. The molecule has 0 radical (unpaired) electrons. The molecule has 0 spiro atoms. The Hall–Kier alpha value is -1.33. The molecular formula is C14H15BrClN3O. The van der Waals surface area contributed by atoms with E-state index in [0.717, 1.165) is 10.3 Å². The van der Waals surface area contributed by atoms with Crippen LogP contribution in [-0.4, -0.2) is 17.0 Å². The molecule has 0 saturated carbocycles. The van der Waals surface area contributed by atoms with E-state index in [-0.39, 0.29) is 5.92 Å². The van der Waals surface area contributed by atoms with Crippen molar-refractivity contribution in [2.75, 3.05) is 12.4 Å². The van der Waals surface area contributed by atoms with Gasteiger partial charge < -0.3 is 10.1 Å². The van der Waals surface area contributed by atoms with E-state index < -0.39 is 0 Å². The molecule has 0 aliphatic rings. The summed E-state index contributed by atoms with van der Waals surface area (Å²) in [5, 5.41) is 3.53. The molecule has 6 heteroatoms. The van der Waals surface area contributed by atoms with Crippen LogP contribution in [0.3, 0.4) is 0 Å². The van der Waals surface area contributed by atoms with Gasteiger partial charge in [0.15, 0.2) is 0 Å². The van der Waals surface area contributed by atoms with Gasteiger partial charge in [0.1, 0.15) is 17.4 Å². The van der Waals surface area contributed by atoms with Crippen LogP contribution in [0.25, 0.3) is 0 Å². The molecule has 1 aromatic heterocycles. The quantitative estimate of drug-likeness (QED) is 0.850. The van der Waals surface area contributed by atoms with Crippen molar-refractivity contribution in [2.24, 2.45) is 0 Å². The number of ether oxygens (including phenoxy) is 1. The summed E-state index contributed by atoms with van der Waals surface area (Å²) < 4.78 is 6.66. The summed E-state index contributed by atoms with van der Waals surface area (Å²) in [4.78, 5) is 8.79. The highest BCUT2D eigenvalue weighted by Crippen LogP contribution is 2.32. The van der Waals surface area contributed by atoms with E-state index in [9.17, 15) is 0 Å². The molecule has 2 aromatic rings. The summed E-state index contributed by atoms with van der Waals surface area (Å²) in [6, 6.07) is 7.17. The van der Waals surface area contributed by atoms with Crippen molar-refractivity contribution in [3.63, 3.8) is 0 Å². The van der Waals surface area contributed by atoms with Crippen LogP contribution < -0.4 is 10.1 Å². The fraction of sp³-hybridized carbons (Fsp3) is 0.286. The molecule has 0 bridgehead atoms. The minimum absolute atomic E-state index is 0.212. The van der Waals surface area contributed by atoms with Gasteiger partial charge in [-0.25, -0.2) is 4.98 Å². The Bertz CT molecular complexity index is 619. The SMILES string of the molecule is CNc1cc(Oc2cc(Br)ccc2Cl)nc(C(C)C)n1. The molecule has 0 unspecified atom stereocenters. The zero-order valence-electron chi connectivity index (χ0n) is 11.4. The minimum atomic E-state index is 0.212. The van der Waals surface area contributed by atoms with Gasteiger partial charge in [-0.15, -0.1) is 0 Å². The van der Waals surface area contributed by atoms with Crippen molar-refractivity contribution in [2.45, 2.75) is 19.8 Å². The van der Waals surface area contributed by atoms with E-state index in [1.54, 1.807) is 18.2 Å². The van der Waals surface area contributed by atoms with Gasteiger partial charge in [0, 0.05) is 23.5 Å². The molecule has 0 amide bonds. The zero-order valence-corrected chi connectivity index (χ0v) is 13.8. The number of halogens is 2. The van der Waals surface area contributed by atoms with E-state index in [1.807, 2.05) is 27.0 Å². The number of anilines is 1. The van der Waals surface area contributed by atoms with Crippen molar-refractivity contribution in [1.82, 2.24) is 9.97 Å². The first-order valence-corrected chi connectivity index (χ1v) is 7.36. The van der Waals surface area contributed by atoms with Crippen molar-refractivity contribution in [1.29, 1.82) is 0 Å². The number of nitrogens with zero attached hydrogens (tertiary/aromatic N) is 2. The molecule has 0 atom stereocenters. The monoisotopic (exact) mass is 355 g/mol. The van der Waals surface area contributed by atoms with E-state index in [1.165, 1.54) is 0 Å². The molecule has 1 N–H and O–H groups in total. The Balaban J connectivity index is 2.37. The molecule has 2 rings (SSSR count). The van der Waals surface area contributed by atoms with Crippen LogP contribution in [0.15, 0.2) is 28.7 Å². The number of nitrogens with one attached hydrogen (secondary N) is 1. The first-order valence-electron chi connectivity index (χ1n) is 6.19. The third kappa shape index (κ3) is 3.61. The lowest BCUT2D eigenvalue weighted by Crippen LogP contribution is -2.03. The second-order valence-corrected chi connectivity index (χ2v) is 5.85. The average Bonchev–Trinajstić information content (AvgIpc) is 2.42. The van der Waals surface area contributed by atoms with Gasteiger partial charge in [-0.05, 0) is 18.2 Å². The Labute approximate surface area is 131 Å². The van der Waals surface area contributed by atoms with Gasteiger partial charge >= 0.3 is 0 Å². The molecule has 0 aliphatic heterocycles. The number of rotatable bonds is 4. The third-order valence-corrected chi connectivity index (χ3v) is 3.41. The maximum absolute atomic E-state index is 6.12. The van der Waals surface area contributed by atoms with Gasteiger partial charge in [-0.1, -0.05) is 41.4 Å². The first-order chi connectivity index (χ1) is 9.49. The minimum Gasteiger partial charge on any atom is -0.437 e. The van der Waals surface area contributed by atoms with Gasteiger partial charge in [0.05, 0.1) is 5.02 Å². The van der Waals surface area contributed by atoms with Crippen LogP contribution in [0.4, 0.5) is 5.82 Å². The van der Waals surface area contributed by atoms with E-state index in [0.29, 0.717) is 22.5 Å². The number of benzene rings is 1. The summed E-state index contributed by atoms with van der Waals surface area (Å²) in [7, 11) is 1.81. The Morgan fingerprint density at radius 3 is 2.65 bits per heavy atom. The second kappa shape index (κ2) is 6.41. The van der Waals surface area contributed by atoms with Gasteiger partial charge in [0.25, 0.3) is 0 Å². The molecule has 0 aliphatic carbocycles. The second-order valence-electron chi connectivity index (χ2n) is 4.53. The Morgan fingerprint density at radius 1 is 1.25 bits per heavy atom. The van der Waals surface area contributed by atoms with Crippen molar-refractivity contribution < 1.29 is 4.74 Å². The Kier molecular flexibility index (Phi) is 4.83. The summed E-state index contributed by atoms with van der Waals surface area (Å²) in [6.45, 7) is 4.06. The topological polar surface area (TPSA) is 47.0 Å². The molecular weight excluding hydrogens is 342 g/mol. The molecule has 4 nitrogen and oxygen atoms in total. The highest BCUT2D eigenvalue weighted by molar-refractivity contribution is 9.10. The lowest BCUT2D eigenvalue weighted by molar-refractivity contribution is 0.457. The standard InChI is InChI=1S/C14H15BrClN3O/c1-8(2)14-18-12(17-3)7-13(19-14)20-11-6-9(15)4-5-10(11)16/h4-8H,1-3H3,(H,17,18,19). The average molecular weight is 357 g/mol. The van der Waals surface area contributed by atoms with Gasteiger partial charge in [-0.2, -0.15) is 4.98 Å². The fourth-order valence-corrected chi connectivity index (χ4v) is 2.05. The smallest absolute Gasteiger partial charge is 0.224 e. The van der Waals surface area contributed by atoms with Crippen LogP contribution >= 0.6 is 27.5 Å². The van der Waals surface area contributed by atoms with Crippen molar-refractivity contribution >= 4 is 33.3 Å². The number of aromatic nitrogens is 2. The van der Waals surface area contributed by atoms with Gasteiger partial charge in [-0.3, -0.25) is 0 Å². The maximum Gasteiger partial charge on any atom is 0.224 e. The van der Waals surface area contributed by atoms with Crippen LogP contribution in [0.1, 0.15) is 25.6 Å². The molecule has 0 saturated heterocycles. The predicted molar refractivity (Wildman–Crippen MR) is 84.9 cm³/mol. The summed E-state index contributed by atoms with van der Waals surface area (Å²) in [5.41, 5.74) is 0. The Morgan fingerprint density at radius 2 is 2.00 bits per heavy atom. The lowest BCUT2D eigenvalue weighted by Gasteiger charge is -2.11. The predicted octanol–water partition coefficient (Wildman–Crippen LogP) is 4.85. The first kappa shape index (κ1) is 15.1. The van der Waals surface area contributed by atoms with E-state index in [2.05, 4.69) is 31.2 Å². The van der Waals surface area contributed by atoms with Crippen molar-refractivity contribution in [3.8, 4) is 11.6 Å². The van der Waals surface area contributed by atoms with Crippen LogP contribution in [0.5, 0.6) is 11.6 Å². The largest absolute Gasteiger partial charge is 0.437 e. The van der Waals surface area contributed by atoms with Crippen LogP contribution in [-0.2, 0) is 0 Å². The van der Waals surface area contributed by atoms with Crippen LogP contribution in [0.2, 0.25) is 5.02 Å². The zero-order chi connectivity index (χ0) is 14.7. The van der Waals surface area contributed by atoms with E-state index >= 15 is 0 Å².